The van der Waals surface area contributed by atoms with E-state index in [9.17, 15) is 4.79 Å². The van der Waals surface area contributed by atoms with Crippen molar-refractivity contribution in [2.45, 2.75) is 51.5 Å². The maximum atomic E-state index is 11.9. The highest BCUT2D eigenvalue weighted by atomic mass is 79.9. The molecule has 0 unspecified atom stereocenters. The molecule has 0 bridgehead atoms. The molecule has 1 fully saturated rings. The molecule has 0 atom stereocenters. The average molecular weight is 340 g/mol. The second-order valence-electron chi connectivity index (χ2n) is 5.45. The van der Waals surface area contributed by atoms with Crippen LogP contribution in [0.3, 0.4) is 0 Å². The molecule has 0 aromatic heterocycles. The van der Waals surface area contributed by atoms with Gasteiger partial charge in [-0.3, -0.25) is 4.79 Å². The molecule has 2 rings (SSSR count). The Hall–Kier alpha value is -1.03. The Balaban J connectivity index is 1.81. The number of benzene rings is 1. The van der Waals surface area contributed by atoms with Crippen LogP contribution in [0.2, 0.25) is 0 Å². The smallest absolute Gasteiger partial charge is 0.258 e. The van der Waals surface area contributed by atoms with Gasteiger partial charge in [-0.2, -0.15) is 0 Å². The van der Waals surface area contributed by atoms with E-state index in [2.05, 4.69) is 21.2 Å². The Kier molecular flexibility index (Phi) is 5.89. The second-order valence-corrected chi connectivity index (χ2v) is 6.37. The van der Waals surface area contributed by atoms with Gasteiger partial charge in [0.05, 0.1) is 0 Å². The summed E-state index contributed by atoms with van der Waals surface area (Å²) in [5.74, 6) is 0.742. The van der Waals surface area contributed by atoms with Gasteiger partial charge in [-0.05, 0) is 37.5 Å². The van der Waals surface area contributed by atoms with Crippen LogP contribution < -0.4 is 10.1 Å². The lowest BCUT2D eigenvalue weighted by Crippen LogP contribution is -2.37. The van der Waals surface area contributed by atoms with Crippen molar-refractivity contribution < 1.29 is 9.53 Å². The summed E-state index contributed by atoms with van der Waals surface area (Å²) in [5.41, 5.74) is 1.04. The fourth-order valence-electron chi connectivity index (χ4n) is 2.57. The van der Waals surface area contributed by atoms with Gasteiger partial charge >= 0.3 is 0 Å². The first-order valence-electron chi connectivity index (χ1n) is 7.33. The molecule has 1 aliphatic carbocycles. The lowest BCUT2D eigenvalue weighted by atomic mass is 10.1. The summed E-state index contributed by atoms with van der Waals surface area (Å²) < 4.78 is 6.57. The first-order chi connectivity index (χ1) is 9.65. The molecule has 0 aliphatic heterocycles. The molecular weight excluding hydrogens is 318 g/mol. The highest BCUT2D eigenvalue weighted by Crippen LogP contribution is 2.23. The molecule has 0 saturated heterocycles. The zero-order valence-corrected chi connectivity index (χ0v) is 13.5. The lowest BCUT2D eigenvalue weighted by Gasteiger charge is -2.16. The van der Waals surface area contributed by atoms with Gasteiger partial charge < -0.3 is 10.1 Å². The van der Waals surface area contributed by atoms with Crippen molar-refractivity contribution in [2.75, 3.05) is 6.61 Å². The third kappa shape index (κ3) is 4.82. The average Bonchev–Trinajstić information content (AvgIpc) is 2.68. The van der Waals surface area contributed by atoms with Gasteiger partial charge in [-0.15, -0.1) is 0 Å². The number of hydrogen-bond acceptors (Lipinski definition) is 2. The monoisotopic (exact) mass is 339 g/mol. The number of aryl methyl sites for hydroxylation is 1. The van der Waals surface area contributed by atoms with Crippen LogP contribution in [0.15, 0.2) is 22.7 Å². The van der Waals surface area contributed by atoms with E-state index in [4.69, 9.17) is 4.74 Å². The molecule has 20 heavy (non-hydrogen) atoms. The number of nitrogens with one attached hydrogen (secondary N) is 1. The molecule has 1 aliphatic rings. The van der Waals surface area contributed by atoms with E-state index in [-0.39, 0.29) is 12.5 Å². The molecule has 1 amide bonds. The minimum Gasteiger partial charge on any atom is -0.483 e. The Labute approximate surface area is 129 Å². The van der Waals surface area contributed by atoms with Crippen LogP contribution >= 0.6 is 15.9 Å². The quantitative estimate of drug-likeness (QED) is 0.842. The number of ether oxygens (including phenoxy) is 1. The zero-order chi connectivity index (χ0) is 14.4. The molecule has 1 N–H and O–H groups in total. The molecule has 0 spiro atoms. The minimum absolute atomic E-state index is 0.0173. The zero-order valence-electron chi connectivity index (χ0n) is 12.0. The van der Waals surface area contributed by atoms with Crippen LogP contribution in [0.4, 0.5) is 0 Å². The van der Waals surface area contributed by atoms with Crippen molar-refractivity contribution in [3.63, 3.8) is 0 Å². The fraction of sp³-hybridized carbons (Fsp3) is 0.562. The molecule has 0 heterocycles. The second kappa shape index (κ2) is 7.67. The van der Waals surface area contributed by atoms with E-state index in [0.29, 0.717) is 6.04 Å². The van der Waals surface area contributed by atoms with Crippen LogP contribution in [0.25, 0.3) is 0 Å². The van der Waals surface area contributed by atoms with Gasteiger partial charge in [0.2, 0.25) is 0 Å². The molecule has 3 nitrogen and oxygen atoms in total. The maximum absolute atomic E-state index is 11.9. The summed E-state index contributed by atoms with van der Waals surface area (Å²) in [6, 6.07) is 6.17. The number of rotatable bonds is 4. The van der Waals surface area contributed by atoms with Crippen molar-refractivity contribution in [3.8, 4) is 5.75 Å². The first-order valence-corrected chi connectivity index (χ1v) is 8.13. The number of carbonyl (C=O) groups is 1. The highest BCUT2D eigenvalue weighted by Gasteiger charge is 2.15. The number of hydrogen-bond donors (Lipinski definition) is 1. The summed E-state index contributed by atoms with van der Waals surface area (Å²) in [5, 5.41) is 3.09. The van der Waals surface area contributed by atoms with Gasteiger partial charge in [0.15, 0.2) is 6.61 Å². The third-order valence-corrected chi connectivity index (χ3v) is 4.22. The van der Waals surface area contributed by atoms with E-state index in [1.807, 2.05) is 25.1 Å². The van der Waals surface area contributed by atoms with Crippen LogP contribution in [0.1, 0.15) is 44.1 Å². The topological polar surface area (TPSA) is 38.3 Å². The van der Waals surface area contributed by atoms with E-state index in [1.54, 1.807) is 0 Å². The Bertz CT molecular complexity index is 454. The first kappa shape index (κ1) is 15.4. The fourth-order valence-corrected chi connectivity index (χ4v) is 2.91. The number of carbonyl (C=O) groups excluding carboxylic acids is 1. The summed E-state index contributed by atoms with van der Waals surface area (Å²) in [6.45, 7) is 2.07. The van der Waals surface area contributed by atoms with Gasteiger partial charge in [-0.1, -0.05) is 47.7 Å². The van der Waals surface area contributed by atoms with Crippen molar-refractivity contribution in [3.05, 3.63) is 28.2 Å². The molecular formula is C16H22BrNO2. The molecule has 1 aromatic rings. The normalized spacial score (nSPS) is 16.5. The standard InChI is InChI=1S/C16H22BrNO2/c1-12-8-9-13(17)10-15(12)20-11-16(19)18-14-6-4-2-3-5-7-14/h8-10,14H,2-7,11H2,1H3,(H,18,19). The molecule has 1 saturated carbocycles. The van der Waals surface area contributed by atoms with Crippen molar-refractivity contribution in [1.82, 2.24) is 5.32 Å². The summed E-state index contributed by atoms with van der Waals surface area (Å²) in [7, 11) is 0. The Morgan fingerprint density at radius 2 is 2.00 bits per heavy atom. The van der Waals surface area contributed by atoms with Crippen molar-refractivity contribution >= 4 is 21.8 Å². The van der Waals surface area contributed by atoms with E-state index in [1.165, 1.54) is 25.7 Å². The van der Waals surface area contributed by atoms with E-state index in [0.717, 1.165) is 28.6 Å². The summed E-state index contributed by atoms with van der Waals surface area (Å²) in [6.07, 6.45) is 7.22. The maximum Gasteiger partial charge on any atom is 0.258 e. The van der Waals surface area contributed by atoms with Gasteiger partial charge in [-0.25, -0.2) is 0 Å². The molecule has 4 heteroatoms. The number of halogens is 1. The van der Waals surface area contributed by atoms with E-state index < -0.39 is 0 Å². The Morgan fingerprint density at radius 3 is 2.70 bits per heavy atom. The number of amides is 1. The van der Waals surface area contributed by atoms with Gasteiger partial charge in [0, 0.05) is 10.5 Å². The SMILES string of the molecule is Cc1ccc(Br)cc1OCC(=O)NC1CCCCCC1. The third-order valence-electron chi connectivity index (χ3n) is 3.73. The van der Waals surface area contributed by atoms with Crippen molar-refractivity contribution in [2.24, 2.45) is 0 Å². The van der Waals surface area contributed by atoms with Gasteiger partial charge in [0.25, 0.3) is 5.91 Å². The molecule has 110 valence electrons. The largest absolute Gasteiger partial charge is 0.483 e. The van der Waals surface area contributed by atoms with Gasteiger partial charge in [0.1, 0.15) is 5.75 Å². The summed E-state index contributed by atoms with van der Waals surface area (Å²) in [4.78, 5) is 11.9. The predicted molar refractivity (Wildman–Crippen MR) is 84.0 cm³/mol. The van der Waals surface area contributed by atoms with Crippen LogP contribution in [-0.4, -0.2) is 18.6 Å². The predicted octanol–water partition coefficient (Wildman–Crippen LogP) is 3.98. The van der Waals surface area contributed by atoms with E-state index >= 15 is 0 Å². The molecule has 0 radical (unpaired) electrons. The summed E-state index contributed by atoms with van der Waals surface area (Å²) >= 11 is 3.41. The van der Waals surface area contributed by atoms with Crippen LogP contribution in [0.5, 0.6) is 5.75 Å². The van der Waals surface area contributed by atoms with Crippen LogP contribution in [0, 0.1) is 6.92 Å². The lowest BCUT2D eigenvalue weighted by molar-refractivity contribution is -0.123. The minimum atomic E-state index is -0.0173. The van der Waals surface area contributed by atoms with Crippen LogP contribution in [-0.2, 0) is 4.79 Å². The Morgan fingerprint density at radius 1 is 1.30 bits per heavy atom. The molecule has 1 aromatic carbocycles. The van der Waals surface area contributed by atoms with Crippen molar-refractivity contribution in [1.29, 1.82) is 0 Å². The highest BCUT2D eigenvalue weighted by molar-refractivity contribution is 9.10.